The van der Waals surface area contributed by atoms with Crippen molar-refractivity contribution >= 4 is 17.8 Å². The molecule has 144 valence electrons. The number of anilines is 1. The van der Waals surface area contributed by atoms with Gasteiger partial charge in [0.2, 0.25) is 0 Å². The third-order valence-electron chi connectivity index (χ3n) is 4.45. The summed E-state index contributed by atoms with van der Waals surface area (Å²) in [6, 6.07) is 7.48. The van der Waals surface area contributed by atoms with Crippen LogP contribution in [0.5, 0.6) is 0 Å². The maximum absolute atomic E-state index is 12.2. The van der Waals surface area contributed by atoms with Gasteiger partial charge in [-0.25, -0.2) is 9.59 Å². The number of carbonyl (C=O) groups excluding carboxylic acids is 2. The summed E-state index contributed by atoms with van der Waals surface area (Å²) in [6.45, 7) is 7.99. The van der Waals surface area contributed by atoms with Crippen LogP contribution in [-0.2, 0) is 11.3 Å². The fourth-order valence-electron chi connectivity index (χ4n) is 3.11. The van der Waals surface area contributed by atoms with Crippen molar-refractivity contribution in [3.8, 4) is 0 Å². The molecule has 0 saturated heterocycles. The predicted octanol–water partition coefficient (Wildman–Crippen LogP) is 4.41. The second kappa shape index (κ2) is 8.92. The molecule has 1 fully saturated rings. The summed E-state index contributed by atoms with van der Waals surface area (Å²) < 4.78 is 5.22. The first kappa shape index (κ1) is 20.1. The molecule has 0 radical (unpaired) electrons. The number of alkyl carbamates (subject to hydrolysis) is 1. The van der Waals surface area contributed by atoms with E-state index in [-0.39, 0.29) is 12.1 Å². The van der Waals surface area contributed by atoms with Gasteiger partial charge >= 0.3 is 12.1 Å². The van der Waals surface area contributed by atoms with Crippen LogP contribution in [0.1, 0.15) is 58.9 Å². The van der Waals surface area contributed by atoms with Crippen LogP contribution in [0, 0.1) is 5.92 Å². The highest BCUT2D eigenvalue weighted by Gasteiger charge is 2.22. The summed E-state index contributed by atoms with van der Waals surface area (Å²) in [5.41, 5.74) is 1.07. The van der Waals surface area contributed by atoms with E-state index in [1.807, 2.05) is 45.0 Å². The van der Waals surface area contributed by atoms with Crippen molar-refractivity contribution in [2.45, 2.75) is 71.6 Å². The Morgan fingerprint density at radius 3 is 2.62 bits per heavy atom. The van der Waals surface area contributed by atoms with Crippen molar-refractivity contribution < 1.29 is 14.3 Å². The number of ether oxygens (including phenoxy) is 1. The molecule has 6 nitrogen and oxygen atoms in total. The van der Waals surface area contributed by atoms with Crippen molar-refractivity contribution in [3.05, 3.63) is 29.8 Å². The summed E-state index contributed by atoms with van der Waals surface area (Å²) in [4.78, 5) is 24.0. The molecule has 26 heavy (non-hydrogen) atoms. The molecule has 3 N–H and O–H groups in total. The van der Waals surface area contributed by atoms with Crippen LogP contribution in [0.4, 0.5) is 15.3 Å². The fraction of sp³-hybridized carbons (Fsp3) is 0.600. The monoisotopic (exact) mass is 361 g/mol. The molecule has 1 aliphatic carbocycles. The van der Waals surface area contributed by atoms with E-state index in [0.29, 0.717) is 18.2 Å². The van der Waals surface area contributed by atoms with E-state index in [9.17, 15) is 9.59 Å². The molecule has 0 aromatic heterocycles. The normalized spacial score (nSPS) is 20.2. The van der Waals surface area contributed by atoms with Crippen LogP contribution in [-0.4, -0.2) is 23.8 Å². The first-order valence-electron chi connectivity index (χ1n) is 9.36. The standard InChI is InChI=1S/C20H31N3O3/c1-14-8-5-6-11-17(14)23-18(24)22-16-10-7-9-15(12-16)13-21-19(25)26-20(2,3)4/h7,9-10,12,14,17H,5-6,8,11,13H2,1-4H3,(H,21,25)(H2,22,23,24). The van der Waals surface area contributed by atoms with Crippen LogP contribution in [0.15, 0.2) is 24.3 Å². The van der Waals surface area contributed by atoms with Gasteiger partial charge in [-0.05, 0) is 57.2 Å². The molecule has 1 aromatic carbocycles. The van der Waals surface area contributed by atoms with Gasteiger partial charge in [0.25, 0.3) is 0 Å². The number of rotatable bonds is 4. The molecule has 0 bridgehead atoms. The quantitative estimate of drug-likeness (QED) is 0.743. The second-order valence-corrected chi connectivity index (χ2v) is 8.02. The lowest BCUT2D eigenvalue weighted by Gasteiger charge is -2.29. The van der Waals surface area contributed by atoms with E-state index in [4.69, 9.17) is 4.74 Å². The average Bonchev–Trinajstić information content (AvgIpc) is 2.54. The molecule has 1 aliphatic rings. The molecule has 0 aliphatic heterocycles. The van der Waals surface area contributed by atoms with Gasteiger partial charge in [0.1, 0.15) is 5.60 Å². The summed E-state index contributed by atoms with van der Waals surface area (Å²) in [5.74, 6) is 0.513. The van der Waals surface area contributed by atoms with Crippen molar-refractivity contribution in [1.29, 1.82) is 0 Å². The minimum atomic E-state index is -0.526. The minimum Gasteiger partial charge on any atom is -0.444 e. The second-order valence-electron chi connectivity index (χ2n) is 8.02. The van der Waals surface area contributed by atoms with Crippen LogP contribution in [0.25, 0.3) is 0 Å². The van der Waals surface area contributed by atoms with Gasteiger partial charge in [0, 0.05) is 18.3 Å². The lowest BCUT2D eigenvalue weighted by atomic mass is 9.86. The highest BCUT2D eigenvalue weighted by molar-refractivity contribution is 5.89. The largest absolute Gasteiger partial charge is 0.444 e. The summed E-state index contributed by atoms with van der Waals surface area (Å²) in [5, 5.41) is 8.67. The van der Waals surface area contributed by atoms with Gasteiger partial charge in [-0.2, -0.15) is 0 Å². The third kappa shape index (κ3) is 6.94. The molecule has 1 saturated carbocycles. The van der Waals surface area contributed by atoms with Crippen molar-refractivity contribution in [1.82, 2.24) is 10.6 Å². The molecule has 2 atom stereocenters. The van der Waals surface area contributed by atoms with E-state index in [0.717, 1.165) is 18.4 Å². The predicted molar refractivity (Wildman–Crippen MR) is 103 cm³/mol. The number of urea groups is 1. The average molecular weight is 361 g/mol. The SMILES string of the molecule is CC1CCCCC1NC(=O)Nc1cccc(CNC(=O)OC(C)(C)C)c1. The number of hydrogen-bond donors (Lipinski definition) is 3. The van der Waals surface area contributed by atoms with Crippen LogP contribution in [0.3, 0.4) is 0 Å². The van der Waals surface area contributed by atoms with E-state index in [1.54, 1.807) is 0 Å². The van der Waals surface area contributed by atoms with E-state index in [2.05, 4.69) is 22.9 Å². The van der Waals surface area contributed by atoms with E-state index < -0.39 is 11.7 Å². The molecule has 0 spiro atoms. The topological polar surface area (TPSA) is 79.5 Å². The highest BCUT2D eigenvalue weighted by atomic mass is 16.6. The molecule has 2 rings (SSSR count). The van der Waals surface area contributed by atoms with Gasteiger partial charge in [0.05, 0.1) is 0 Å². The summed E-state index contributed by atoms with van der Waals surface area (Å²) in [7, 11) is 0. The Kier molecular flexibility index (Phi) is 6.89. The first-order valence-corrected chi connectivity index (χ1v) is 9.36. The van der Waals surface area contributed by atoms with E-state index >= 15 is 0 Å². The highest BCUT2D eigenvalue weighted by Crippen LogP contribution is 2.23. The third-order valence-corrected chi connectivity index (χ3v) is 4.45. The maximum Gasteiger partial charge on any atom is 0.407 e. The summed E-state index contributed by atoms with van der Waals surface area (Å²) >= 11 is 0. The molecular formula is C20H31N3O3. The summed E-state index contributed by atoms with van der Waals surface area (Å²) in [6.07, 6.45) is 4.15. The van der Waals surface area contributed by atoms with Gasteiger partial charge in [-0.1, -0.05) is 31.9 Å². The Labute approximate surface area is 156 Å². The molecule has 3 amide bonds. The maximum atomic E-state index is 12.2. The van der Waals surface area contributed by atoms with E-state index in [1.165, 1.54) is 12.8 Å². The smallest absolute Gasteiger partial charge is 0.407 e. The van der Waals surface area contributed by atoms with Crippen molar-refractivity contribution in [3.63, 3.8) is 0 Å². The van der Waals surface area contributed by atoms with Crippen molar-refractivity contribution in [2.75, 3.05) is 5.32 Å². The van der Waals surface area contributed by atoms with Gasteiger partial charge in [-0.15, -0.1) is 0 Å². The minimum absolute atomic E-state index is 0.180. The molecular weight excluding hydrogens is 330 g/mol. The fourth-order valence-corrected chi connectivity index (χ4v) is 3.11. The van der Waals surface area contributed by atoms with Crippen LogP contribution in [0.2, 0.25) is 0 Å². The molecule has 0 heterocycles. The van der Waals surface area contributed by atoms with Crippen LogP contribution >= 0.6 is 0 Å². The van der Waals surface area contributed by atoms with Gasteiger partial charge < -0.3 is 20.7 Å². The Morgan fingerprint density at radius 2 is 1.92 bits per heavy atom. The Bertz CT molecular complexity index is 625. The molecule has 6 heteroatoms. The zero-order valence-corrected chi connectivity index (χ0v) is 16.2. The Hall–Kier alpha value is -2.24. The zero-order valence-electron chi connectivity index (χ0n) is 16.2. The lowest BCUT2D eigenvalue weighted by Crippen LogP contribution is -2.43. The van der Waals surface area contributed by atoms with Gasteiger partial charge in [0.15, 0.2) is 0 Å². The van der Waals surface area contributed by atoms with Gasteiger partial charge in [-0.3, -0.25) is 0 Å². The Balaban J connectivity index is 1.84. The van der Waals surface area contributed by atoms with Crippen LogP contribution < -0.4 is 16.0 Å². The lowest BCUT2D eigenvalue weighted by molar-refractivity contribution is 0.0523. The van der Waals surface area contributed by atoms with Crippen molar-refractivity contribution in [2.24, 2.45) is 5.92 Å². The number of carbonyl (C=O) groups is 2. The number of benzene rings is 1. The Morgan fingerprint density at radius 1 is 1.19 bits per heavy atom. The zero-order chi connectivity index (χ0) is 19.2. The number of amides is 3. The molecule has 2 unspecified atom stereocenters. The number of hydrogen-bond acceptors (Lipinski definition) is 3. The molecule has 1 aromatic rings. The first-order chi connectivity index (χ1) is 12.2. The number of nitrogens with one attached hydrogen (secondary N) is 3.